The molecule has 0 amide bonds. The van der Waals surface area contributed by atoms with Gasteiger partial charge in [-0.25, -0.2) is 4.52 Å². The fourth-order valence-electron chi connectivity index (χ4n) is 3.19. The van der Waals surface area contributed by atoms with Crippen LogP contribution in [-0.2, 0) is 0 Å². The molecule has 1 atom stereocenters. The molecule has 0 radical (unpaired) electrons. The fourth-order valence-corrected chi connectivity index (χ4v) is 3.45. The molecule has 0 fully saturated rings. The minimum absolute atomic E-state index is 0.129. The highest BCUT2D eigenvalue weighted by Gasteiger charge is 2.19. The molecular weight excluding hydrogens is 364 g/mol. The lowest BCUT2D eigenvalue weighted by molar-refractivity contribution is 0.603. The lowest BCUT2D eigenvalue weighted by atomic mass is 9.88. The maximum absolute atomic E-state index is 9.09. The van der Waals surface area contributed by atoms with Crippen LogP contribution in [0.15, 0.2) is 53.4 Å². The molecule has 0 aliphatic heterocycles. The zero-order chi connectivity index (χ0) is 16.5. The van der Waals surface area contributed by atoms with Crippen molar-refractivity contribution in [3.8, 4) is 17.2 Å². The van der Waals surface area contributed by atoms with Crippen molar-refractivity contribution >= 4 is 27.0 Å². The summed E-state index contributed by atoms with van der Waals surface area (Å²) in [7, 11) is 0. The molecule has 5 heteroatoms. The summed E-state index contributed by atoms with van der Waals surface area (Å²) in [6.07, 6.45) is 10.3. The second-order valence-electron chi connectivity index (χ2n) is 5.96. The number of allylic oxidation sites excluding steroid dienone is 2. The van der Waals surface area contributed by atoms with Crippen LogP contribution < -0.4 is 0 Å². The van der Waals surface area contributed by atoms with Gasteiger partial charge >= 0.3 is 0 Å². The van der Waals surface area contributed by atoms with Gasteiger partial charge in [-0.1, -0.05) is 34.1 Å². The van der Waals surface area contributed by atoms with Crippen molar-refractivity contribution in [3.05, 3.63) is 59.1 Å². The Bertz CT molecular complexity index is 963. The van der Waals surface area contributed by atoms with Crippen LogP contribution in [-0.4, -0.2) is 14.6 Å². The van der Waals surface area contributed by atoms with Crippen molar-refractivity contribution in [1.82, 2.24) is 14.6 Å². The maximum Gasteiger partial charge on any atom is 0.0999 e. The van der Waals surface area contributed by atoms with Crippen LogP contribution in [0.1, 0.15) is 25.0 Å². The van der Waals surface area contributed by atoms with E-state index in [0.29, 0.717) is 0 Å². The Morgan fingerprint density at radius 2 is 2.08 bits per heavy atom. The summed E-state index contributed by atoms with van der Waals surface area (Å²) in [6, 6.07) is 10.6. The van der Waals surface area contributed by atoms with E-state index in [1.807, 2.05) is 29.0 Å². The number of nitrogens with zero attached hydrogens (tertiary/aromatic N) is 4. The van der Waals surface area contributed by atoms with Gasteiger partial charge in [0.2, 0.25) is 0 Å². The van der Waals surface area contributed by atoms with Gasteiger partial charge < -0.3 is 0 Å². The molecule has 4 nitrogen and oxygen atoms in total. The average molecular weight is 379 g/mol. The fraction of sp³-hybridized carbons (Fsp3) is 0.211. The first-order chi connectivity index (χ1) is 11.8. The highest BCUT2D eigenvalue weighted by Crippen LogP contribution is 2.34. The molecule has 3 aromatic rings. The van der Waals surface area contributed by atoms with Gasteiger partial charge in [0.15, 0.2) is 0 Å². The third-order valence-electron chi connectivity index (χ3n) is 4.48. The van der Waals surface area contributed by atoms with Gasteiger partial charge in [-0.2, -0.15) is 10.4 Å². The number of hydrogen-bond donors (Lipinski definition) is 0. The first-order valence-electron chi connectivity index (χ1n) is 7.93. The van der Waals surface area contributed by atoms with E-state index in [4.69, 9.17) is 5.26 Å². The van der Waals surface area contributed by atoms with E-state index in [0.717, 1.165) is 46.1 Å². The van der Waals surface area contributed by atoms with Crippen molar-refractivity contribution < 1.29 is 0 Å². The monoisotopic (exact) mass is 378 g/mol. The third-order valence-corrected chi connectivity index (χ3v) is 5.01. The molecule has 0 saturated heterocycles. The van der Waals surface area contributed by atoms with Gasteiger partial charge in [0.05, 0.1) is 29.4 Å². The summed E-state index contributed by atoms with van der Waals surface area (Å²) in [4.78, 5) is 4.64. The Morgan fingerprint density at radius 3 is 2.79 bits per heavy atom. The van der Waals surface area contributed by atoms with E-state index in [2.05, 4.69) is 50.3 Å². The van der Waals surface area contributed by atoms with Gasteiger partial charge in [0, 0.05) is 22.4 Å². The van der Waals surface area contributed by atoms with E-state index in [-0.39, 0.29) is 5.92 Å². The minimum Gasteiger partial charge on any atom is -0.253 e. The topological polar surface area (TPSA) is 54.0 Å². The molecule has 24 heavy (non-hydrogen) atoms. The smallest absolute Gasteiger partial charge is 0.0999 e. The zero-order valence-corrected chi connectivity index (χ0v) is 14.6. The molecule has 1 aliphatic rings. The van der Waals surface area contributed by atoms with Gasteiger partial charge in [0.25, 0.3) is 0 Å². The normalized spacial score (nSPS) is 17.5. The van der Waals surface area contributed by atoms with Gasteiger partial charge in [-0.05, 0) is 42.5 Å². The Balaban J connectivity index is 1.85. The zero-order valence-electron chi connectivity index (χ0n) is 13.0. The minimum atomic E-state index is 0.129. The lowest BCUT2D eigenvalue weighted by Crippen LogP contribution is -2.05. The Hall–Kier alpha value is -2.45. The van der Waals surface area contributed by atoms with Crippen LogP contribution in [0, 0.1) is 17.2 Å². The molecule has 0 bridgehead atoms. The highest BCUT2D eigenvalue weighted by atomic mass is 79.9. The molecule has 2 aromatic heterocycles. The van der Waals surface area contributed by atoms with Crippen LogP contribution in [0.3, 0.4) is 0 Å². The second kappa shape index (κ2) is 6.21. The van der Waals surface area contributed by atoms with E-state index in [1.165, 1.54) is 5.57 Å². The van der Waals surface area contributed by atoms with Crippen LogP contribution in [0.25, 0.3) is 22.2 Å². The molecule has 2 heterocycles. The van der Waals surface area contributed by atoms with E-state index >= 15 is 0 Å². The lowest BCUT2D eigenvalue weighted by Gasteiger charge is -2.17. The molecule has 0 N–H and O–H groups in total. The molecule has 1 aliphatic carbocycles. The Morgan fingerprint density at radius 1 is 1.25 bits per heavy atom. The molecule has 1 aromatic carbocycles. The summed E-state index contributed by atoms with van der Waals surface area (Å²) < 4.78 is 2.94. The van der Waals surface area contributed by atoms with Crippen LogP contribution in [0.2, 0.25) is 0 Å². The van der Waals surface area contributed by atoms with Gasteiger partial charge in [-0.3, -0.25) is 4.98 Å². The predicted molar refractivity (Wildman–Crippen MR) is 97.1 cm³/mol. The quantitative estimate of drug-likeness (QED) is 0.639. The number of nitriles is 1. The number of benzene rings is 1. The molecular formula is C19H15BrN4. The summed E-state index contributed by atoms with van der Waals surface area (Å²) in [5.41, 5.74) is 5.42. The second-order valence-corrected chi connectivity index (χ2v) is 6.88. The van der Waals surface area contributed by atoms with Crippen LogP contribution >= 0.6 is 15.9 Å². The van der Waals surface area contributed by atoms with Crippen LogP contribution in [0.5, 0.6) is 0 Å². The Kier molecular flexibility index (Phi) is 3.91. The predicted octanol–water partition coefficient (Wildman–Crippen LogP) is 4.87. The third kappa shape index (κ3) is 2.63. The van der Waals surface area contributed by atoms with Gasteiger partial charge in [-0.15, -0.1) is 0 Å². The van der Waals surface area contributed by atoms with Crippen molar-refractivity contribution in [2.45, 2.75) is 19.3 Å². The SMILES string of the molecule is N#CC1CC=C(c2nccn3ncc(-c4ccc(Br)cc4)c23)CC1. The number of hydrogen-bond acceptors (Lipinski definition) is 3. The van der Waals surface area contributed by atoms with E-state index < -0.39 is 0 Å². The van der Waals surface area contributed by atoms with E-state index in [9.17, 15) is 0 Å². The maximum atomic E-state index is 9.09. The number of aromatic nitrogens is 3. The standard InChI is InChI=1S/C19H15BrN4/c20-16-7-5-14(6-8-16)17-12-23-24-10-9-22-18(19(17)24)15-3-1-13(11-21)2-4-15/h3,5-10,12-13H,1-2,4H2. The first-order valence-corrected chi connectivity index (χ1v) is 8.73. The van der Waals surface area contributed by atoms with Crippen LogP contribution in [0.4, 0.5) is 0 Å². The molecule has 118 valence electrons. The molecule has 1 unspecified atom stereocenters. The number of halogens is 1. The summed E-state index contributed by atoms with van der Waals surface area (Å²) >= 11 is 3.48. The summed E-state index contributed by atoms with van der Waals surface area (Å²) in [5.74, 6) is 0.129. The van der Waals surface area contributed by atoms with Crippen molar-refractivity contribution in [3.63, 3.8) is 0 Å². The van der Waals surface area contributed by atoms with Gasteiger partial charge in [0.1, 0.15) is 0 Å². The first kappa shape index (κ1) is 15.1. The van der Waals surface area contributed by atoms with Crippen molar-refractivity contribution in [2.75, 3.05) is 0 Å². The highest BCUT2D eigenvalue weighted by molar-refractivity contribution is 9.10. The summed E-state index contributed by atoms with van der Waals surface area (Å²) in [6.45, 7) is 0. The largest absolute Gasteiger partial charge is 0.253 e. The average Bonchev–Trinajstić information content (AvgIpc) is 3.07. The molecule has 4 rings (SSSR count). The molecule has 0 saturated carbocycles. The number of rotatable bonds is 2. The number of fused-ring (bicyclic) bond motifs is 1. The van der Waals surface area contributed by atoms with E-state index in [1.54, 1.807) is 6.20 Å². The summed E-state index contributed by atoms with van der Waals surface area (Å²) in [5, 5.41) is 13.6. The van der Waals surface area contributed by atoms with Crippen molar-refractivity contribution in [1.29, 1.82) is 5.26 Å². The van der Waals surface area contributed by atoms with Crippen molar-refractivity contribution in [2.24, 2.45) is 5.92 Å². The Labute approximate surface area is 148 Å². The molecule has 0 spiro atoms.